The van der Waals surface area contributed by atoms with Crippen molar-refractivity contribution < 1.29 is 19.3 Å². The monoisotopic (exact) mass is 260 g/mol. The van der Waals surface area contributed by atoms with E-state index in [4.69, 9.17) is 9.84 Å². The minimum atomic E-state index is -1.86. The summed E-state index contributed by atoms with van der Waals surface area (Å²) in [6.07, 6.45) is -4.67. The molecule has 0 amide bonds. The van der Waals surface area contributed by atoms with Crippen LogP contribution in [0.1, 0.15) is 11.8 Å². The maximum Gasteiger partial charge on any atom is 0.330 e. The van der Waals surface area contributed by atoms with Gasteiger partial charge in [-0.05, 0) is 6.92 Å². The molecule has 1 aliphatic rings. The van der Waals surface area contributed by atoms with Crippen molar-refractivity contribution in [3.63, 3.8) is 0 Å². The summed E-state index contributed by atoms with van der Waals surface area (Å²) in [5.74, 6) is 0. The summed E-state index contributed by atoms with van der Waals surface area (Å²) in [5.41, 5.74) is -1.18. The quantitative estimate of drug-likeness (QED) is 0.596. The first-order valence-corrected chi connectivity index (χ1v) is 5.36. The van der Waals surface area contributed by atoms with Crippen molar-refractivity contribution in [1.82, 2.24) is 9.55 Å². The summed E-state index contributed by atoms with van der Waals surface area (Å²) in [5, 5.41) is 18.3. The lowest BCUT2D eigenvalue weighted by molar-refractivity contribution is -0.0492. The van der Waals surface area contributed by atoms with Gasteiger partial charge in [0.15, 0.2) is 12.4 Å². The third-order valence-corrected chi connectivity index (χ3v) is 2.89. The zero-order chi connectivity index (χ0) is 13.4. The number of aromatic amines is 1. The van der Waals surface area contributed by atoms with E-state index in [1.54, 1.807) is 0 Å². The van der Waals surface area contributed by atoms with Gasteiger partial charge < -0.3 is 14.9 Å². The first-order chi connectivity index (χ1) is 8.45. The van der Waals surface area contributed by atoms with E-state index in [-0.39, 0.29) is 5.56 Å². The van der Waals surface area contributed by atoms with Crippen molar-refractivity contribution in [2.24, 2.45) is 0 Å². The van der Waals surface area contributed by atoms with E-state index >= 15 is 0 Å². The van der Waals surface area contributed by atoms with Crippen LogP contribution >= 0.6 is 0 Å². The molecule has 1 fully saturated rings. The van der Waals surface area contributed by atoms with Crippen LogP contribution in [-0.4, -0.2) is 44.8 Å². The van der Waals surface area contributed by atoms with Crippen molar-refractivity contribution in [1.29, 1.82) is 0 Å². The molecule has 100 valence electrons. The lowest BCUT2D eigenvalue weighted by Gasteiger charge is -2.15. The summed E-state index contributed by atoms with van der Waals surface area (Å²) in [7, 11) is 0. The third kappa shape index (κ3) is 1.98. The minimum absolute atomic E-state index is 0.215. The van der Waals surface area contributed by atoms with E-state index in [0.717, 1.165) is 10.8 Å². The Kier molecular flexibility index (Phi) is 3.33. The van der Waals surface area contributed by atoms with Crippen LogP contribution in [0.25, 0.3) is 0 Å². The van der Waals surface area contributed by atoms with E-state index in [9.17, 15) is 19.1 Å². The largest absolute Gasteiger partial charge is 0.394 e. The minimum Gasteiger partial charge on any atom is -0.394 e. The van der Waals surface area contributed by atoms with Gasteiger partial charge in [0.05, 0.1) is 6.61 Å². The molecule has 1 aliphatic heterocycles. The van der Waals surface area contributed by atoms with E-state index in [0.29, 0.717) is 0 Å². The fraction of sp³-hybridized carbons (Fsp3) is 0.600. The molecule has 1 unspecified atom stereocenters. The van der Waals surface area contributed by atoms with E-state index < -0.39 is 42.5 Å². The Morgan fingerprint density at radius 1 is 1.56 bits per heavy atom. The topological polar surface area (TPSA) is 105 Å². The number of alkyl halides is 1. The van der Waals surface area contributed by atoms with Gasteiger partial charge in [0.1, 0.15) is 12.2 Å². The highest BCUT2D eigenvalue weighted by Crippen LogP contribution is 2.30. The van der Waals surface area contributed by atoms with Gasteiger partial charge in [-0.1, -0.05) is 0 Å². The Morgan fingerprint density at radius 3 is 2.78 bits per heavy atom. The Balaban J connectivity index is 2.42. The molecule has 0 aromatic carbocycles. The molecule has 7 nitrogen and oxygen atoms in total. The third-order valence-electron chi connectivity index (χ3n) is 2.89. The molecule has 4 atom stereocenters. The van der Waals surface area contributed by atoms with Crippen LogP contribution in [0.5, 0.6) is 0 Å². The van der Waals surface area contributed by atoms with E-state index in [1.165, 1.54) is 6.92 Å². The number of aryl methyl sites for hydroxylation is 1. The molecule has 1 saturated heterocycles. The van der Waals surface area contributed by atoms with Gasteiger partial charge in [0.2, 0.25) is 0 Å². The zero-order valence-corrected chi connectivity index (χ0v) is 9.54. The van der Waals surface area contributed by atoms with Crippen LogP contribution < -0.4 is 11.2 Å². The molecular weight excluding hydrogens is 247 g/mol. The molecule has 8 heteroatoms. The number of rotatable bonds is 2. The Morgan fingerprint density at radius 2 is 2.22 bits per heavy atom. The number of aromatic nitrogens is 2. The van der Waals surface area contributed by atoms with Gasteiger partial charge >= 0.3 is 5.69 Å². The van der Waals surface area contributed by atoms with Crippen molar-refractivity contribution in [3.8, 4) is 0 Å². The molecule has 1 aromatic heterocycles. The SMILES string of the molecule is Cc1cn([C@@H]2O[C@H](CO)C(O)[C@@H]2F)c(=O)[nH]c1=O. The Labute approximate surface area is 100 Å². The second-order valence-corrected chi connectivity index (χ2v) is 4.16. The average molecular weight is 260 g/mol. The predicted molar refractivity (Wildman–Crippen MR) is 58.0 cm³/mol. The normalized spacial score (nSPS) is 31.8. The van der Waals surface area contributed by atoms with Crippen LogP contribution in [0.3, 0.4) is 0 Å². The highest BCUT2D eigenvalue weighted by molar-refractivity contribution is 5.03. The number of aliphatic hydroxyl groups is 2. The lowest BCUT2D eigenvalue weighted by Crippen LogP contribution is -2.36. The second kappa shape index (κ2) is 4.63. The van der Waals surface area contributed by atoms with Gasteiger partial charge in [0.25, 0.3) is 5.56 Å². The first kappa shape index (κ1) is 12.9. The van der Waals surface area contributed by atoms with E-state index in [1.807, 2.05) is 4.98 Å². The fourth-order valence-electron chi connectivity index (χ4n) is 1.85. The van der Waals surface area contributed by atoms with Crippen LogP contribution in [0, 0.1) is 6.92 Å². The number of hydrogen-bond acceptors (Lipinski definition) is 5. The smallest absolute Gasteiger partial charge is 0.330 e. The molecule has 0 saturated carbocycles. The summed E-state index contributed by atoms with van der Waals surface area (Å²) in [4.78, 5) is 24.7. The van der Waals surface area contributed by atoms with E-state index in [2.05, 4.69) is 0 Å². The standard InChI is InChI=1S/C10H13FN2O5/c1-4-2-13(10(17)12-8(4)16)9-6(11)7(15)5(3-14)18-9/h2,5-7,9,14-15H,3H2,1H3,(H,12,16,17)/t5-,6+,7?,9-/m1/s1. The molecule has 1 aromatic rings. The molecule has 0 radical (unpaired) electrons. The van der Waals surface area contributed by atoms with Crippen molar-refractivity contribution >= 4 is 0 Å². The maximum absolute atomic E-state index is 13.8. The molecule has 2 heterocycles. The van der Waals surface area contributed by atoms with Crippen molar-refractivity contribution in [2.45, 2.75) is 31.5 Å². The molecule has 18 heavy (non-hydrogen) atoms. The molecule has 2 rings (SSSR count). The number of H-pyrrole nitrogens is 1. The van der Waals surface area contributed by atoms with Gasteiger partial charge in [-0.25, -0.2) is 9.18 Å². The molecular formula is C10H13FN2O5. The van der Waals surface area contributed by atoms with Gasteiger partial charge in [-0.2, -0.15) is 0 Å². The molecule has 3 N–H and O–H groups in total. The average Bonchev–Trinajstić information content (AvgIpc) is 2.61. The van der Waals surface area contributed by atoms with Gasteiger partial charge in [-0.15, -0.1) is 0 Å². The number of nitrogens with one attached hydrogen (secondary N) is 1. The van der Waals surface area contributed by atoms with Gasteiger partial charge in [0, 0.05) is 11.8 Å². The van der Waals surface area contributed by atoms with Crippen LogP contribution in [0.2, 0.25) is 0 Å². The maximum atomic E-state index is 13.8. The Hall–Kier alpha value is -1.51. The molecule has 0 aliphatic carbocycles. The van der Waals surface area contributed by atoms with Crippen LogP contribution in [0.4, 0.5) is 4.39 Å². The predicted octanol–water partition coefficient (Wildman–Crippen LogP) is -1.57. The van der Waals surface area contributed by atoms with Crippen molar-refractivity contribution in [3.05, 3.63) is 32.6 Å². The fourth-order valence-corrected chi connectivity index (χ4v) is 1.85. The van der Waals surface area contributed by atoms with Crippen molar-refractivity contribution in [2.75, 3.05) is 6.61 Å². The Bertz CT molecular complexity index is 554. The summed E-state index contributed by atoms with van der Waals surface area (Å²) in [6, 6.07) is 0. The highest BCUT2D eigenvalue weighted by Gasteiger charge is 2.45. The zero-order valence-electron chi connectivity index (χ0n) is 9.54. The number of halogens is 1. The molecule has 0 spiro atoms. The summed E-state index contributed by atoms with van der Waals surface area (Å²) >= 11 is 0. The number of ether oxygens (including phenoxy) is 1. The number of hydrogen-bond donors (Lipinski definition) is 3. The summed E-state index contributed by atoms with van der Waals surface area (Å²) < 4.78 is 19.7. The van der Waals surface area contributed by atoms with Crippen LogP contribution in [-0.2, 0) is 4.74 Å². The molecule has 0 bridgehead atoms. The lowest BCUT2D eigenvalue weighted by atomic mass is 10.1. The van der Waals surface area contributed by atoms with Crippen LogP contribution in [0.15, 0.2) is 15.8 Å². The first-order valence-electron chi connectivity index (χ1n) is 5.36. The second-order valence-electron chi connectivity index (χ2n) is 4.16. The number of aliphatic hydroxyl groups excluding tert-OH is 2. The number of nitrogens with zero attached hydrogens (tertiary/aromatic N) is 1. The summed E-state index contributed by atoms with van der Waals surface area (Å²) in [6.45, 7) is 0.895. The highest BCUT2D eigenvalue weighted by atomic mass is 19.1. The van der Waals surface area contributed by atoms with Gasteiger partial charge in [-0.3, -0.25) is 14.3 Å².